The zero-order chi connectivity index (χ0) is 13.8. The van der Waals surface area contributed by atoms with Crippen LogP contribution in [0.15, 0.2) is 24.3 Å². The first-order chi connectivity index (χ1) is 9.85. The summed E-state index contributed by atoms with van der Waals surface area (Å²) in [4.78, 5) is 2.60. The molecule has 0 saturated carbocycles. The third-order valence-corrected chi connectivity index (χ3v) is 4.57. The zero-order valence-electron chi connectivity index (χ0n) is 12.5. The Labute approximate surface area is 122 Å². The van der Waals surface area contributed by atoms with Gasteiger partial charge in [-0.25, -0.2) is 0 Å². The van der Waals surface area contributed by atoms with Gasteiger partial charge < -0.3 is 10.1 Å². The van der Waals surface area contributed by atoms with E-state index in [1.807, 2.05) is 0 Å². The van der Waals surface area contributed by atoms with E-state index in [0.717, 1.165) is 37.2 Å². The molecule has 0 aromatic heterocycles. The van der Waals surface area contributed by atoms with Gasteiger partial charge in [0.25, 0.3) is 0 Å². The number of fused-ring (bicyclic) bond motifs is 1. The van der Waals surface area contributed by atoms with E-state index < -0.39 is 0 Å². The summed E-state index contributed by atoms with van der Waals surface area (Å²) in [6.07, 6.45) is 2.41. The van der Waals surface area contributed by atoms with Gasteiger partial charge in [-0.15, -0.1) is 0 Å². The van der Waals surface area contributed by atoms with E-state index in [9.17, 15) is 0 Å². The van der Waals surface area contributed by atoms with Crippen molar-refractivity contribution in [2.45, 2.75) is 26.3 Å². The van der Waals surface area contributed by atoms with E-state index in [0.29, 0.717) is 0 Å². The molecule has 3 rings (SSSR count). The summed E-state index contributed by atoms with van der Waals surface area (Å²) in [5.74, 6) is 2.80. The molecule has 3 nitrogen and oxygen atoms in total. The van der Waals surface area contributed by atoms with Crippen LogP contribution in [0.1, 0.15) is 25.3 Å². The van der Waals surface area contributed by atoms with Gasteiger partial charge in [0, 0.05) is 13.1 Å². The zero-order valence-corrected chi connectivity index (χ0v) is 12.5. The molecule has 2 atom stereocenters. The van der Waals surface area contributed by atoms with Crippen LogP contribution in [0.4, 0.5) is 0 Å². The van der Waals surface area contributed by atoms with Crippen LogP contribution < -0.4 is 10.1 Å². The molecule has 0 spiro atoms. The first-order valence-electron chi connectivity index (χ1n) is 8.00. The molecule has 3 heteroatoms. The lowest BCUT2D eigenvalue weighted by atomic mass is 9.88. The van der Waals surface area contributed by atoms with Crippen molar-refractivity contribution in [3.63, 3.8) is 0 Å². The summed E-state index contributed by atoms with van der Waals surface area (Å²) in [5, 5.41) is 3.53. The molecule has 2 unspecified atom stereocenters. The molecule has 110 valence electrons. The average molecular weight is 274 g/mol. The maximum atomic E-state index is 5.73. The van der Waals surface area contributed by atoms with Gasteiger partial charge in [-0.2, -0.15) is 0 Å². The molecule has 2 heterocycles. The predicted molar refractivity (Wildman–Crippen MR) is 82.0 cm³/mol. The highest BCUT2D eigenvalue weighted by Crippen LogP contribution is 2.27. The molecule has 0 aliphatic carbocycles. The van der Waals surface area contributed by atoms with Crippen LogP contribution in [0.25, 0.3) is 0 Å². The lowest BCUT2D eigenvalue weighted by molar-refractivity contribution is 0.142. The summed E-state index contributed by atoms with van der Waals surface area (Å²) in [5.41, 5.74) is 1.38. The van der Waals surface area contributed by atoms with E-state index in [1.165, 1.54) is 38.2 Å². The van der Waals surface area contributed by atoms with Crippen molar-refractivity contribution >= 4 is 0 Å². The van der Waals surface area contributed by atoms with E-state index in [2.05, 4.69) is 41.4 Å². The Morgan fingerprint density at radius 2 is 2.20 bits per heavy atom. The minimum atomic E-state index is 0.808. The SMILES string of the molecule is CCCOc1cccc(CN2CCC3CNCC3C2)c1. The number of rotatable bonds is 5. The molecule has 0 radical (unpaired) electrons. The second-order valence-electron chi connectivity index (χ2n) is 6.20. The standard InChI is InChI=1S/C17H26N2O/c1-2-8-20-17-5-3-4-14(9-17)12-19-7-6-15-10-18-11-16(15)13-19/h3-5,9,15-16,18H,2,6-8,10-13H2,1H3. The van der Waals surface area contributed by atoms with Crippen molar-refractivity contribution in [3.8, 4) is 5.75 Å². The highest BCUT2D eigenvalue weighted by molar-refractivity contribution is 5.28. The van der Waals surface area contributed by atoms with Gasteiger partial charge >= 0.3 is 0 Å². The van der Waals surface area contributed by atoms with E-state index in [4.69, 9.17) is 4.74 Å². The average Bonchev–Trinajstić information content (AvgIpc) is 2.93. The third kappa shape index (κ3) is 3.33. The predicted octanol–water partition coefficient (Wildman–Crippen LogP) is 2.52. The van der Waals surface area contributed by atoms with Crippen LogP contribution >= 0.6 is 0 Å². The molecule has 2 saturated heterocycles. The van der Waals surface area contributed by atoms with Gasteiger partial charge in [-0.1, -0.05) is 19.1 Å². The lowest BCUT2D eigenvalue weighted by Gasteiger charge is -2.34. The molecule has 2 aliphatic heterocycles. The first-order valence-corrected chi connectivity index (χ1v) is 8.00. The molecule has 1 N–H and O–H groups in total. The molecule has 0 amide bonds. The molecule has 1 aromatic carbocycles. The molecular formula is C17H26N2O. The Morgan fingerprint density at radius 1 is 1.30 bits per heavy atom. The van der Waals surface area contributed by atoms with Crippen LogP contribution in [0.3, 0.4) is 0 Å². The van der Waals surface area contributed by atoms with Crippen LogP contribution in [-0.4, -0.2) is 37.7 Å². The Morgan fingerprint density at radius 3 is 3.10 bits per heavy atom. The van der Waals surface area contributed by atoms with Crippen LogP contribution in [0.2, 0.25) is 0 Å². The fourth-order valence-corrected chi connectivity index (χ4v) is 3.47. The topological polar surface area (TPSA) is 24.5 Å². The number of benzene rings is 1. The van der Waals surface area contributed by atoms with Gasteiger partial charge in [0.15, 0.2) is 0 Å². The fraction of sp³-hybridized carbons (Fsp3) is 0.647. The summed E-state index contributed by atoms with van der Waals surface area (Å²) in [6.45, 7) is 8.94. The maximum absolute atomic E-state index is 5.73. The summed E-state index contributed by atoms with van der Waals surface area (Å²) >= 11 is 0. The van der Waals surface area contributed by atoms with Crippen molar-refractivity contribution in [1.82, 2.24) is 10.2 Å². The monoisotopic (exact) mass is 274 g/mol. The first kappa shape index (κ1) is 13.9. The van der Waals surface area contributed by atoms with Crippen molar-refractivity contribution in [3.05, 3.63) is 29.8 Å². The maximum Gasteiger partial charge on any atom is 0.119 e. The Kier molecular flexibility index (Phi) is 4.58. The van der Waals surface area contributed by atoms with E-state index >= 15 is 0 Å². The number of likely N-dealkylation sites (tertiary alicyclic amines) is 1. The fourth-order valence-electron chi connectivity index (χ4n) is 3.47. The van der Waals surface area contributed by atoms with Crippen LogP contribution in [-0.2, 0) is 6.54 Å². The van der Waals surface area contributed by atoms with E-state index in [-0.39, 0.29) is 0 Å². The molecular weight excluding hydrogens is 248 g/mol. The Hall–Kier alpha value is -1.06. The smallest absolute Gasteiger partial charge is 0.119 e. The van der Waals surface area contributed by atoms with Gasteiger partial charge in [0.2, 0.25) is 0 Å². The highest BCUT2D eigenvalue weighted by Gasteiger charge is 2.32. The largest absolute Gasteiger partial charge is 0.494 e. The number of hydrogen-bond acceptors (Lipinski definition) is 3. The molecule has 2 aliphatic rings. The second-order valence-corrected chi connectivity index (χ2v) is 6.20. The normalized spacial score (nSPS) is 26.4. The summed E-state index contributed by atoms with van der Waals surface area (Å²) in [7, 11) is 0. The van der Waals surface area contributed by atoms with Gasteiger partial charge in [0.05, 0.1) is 6.61 Å². The second kappa shape index (κ2) is 6.59. The summed E-state index contributed by atoms with van der Waals surface area (Å²) < 4.78 is 5.73. The number of nitrogens with one attached hydrogen (secondary N) is 1. The van der Waals surface area contributed by atoms with Gasteiger partial charge in [-0.3, -0.25) is 4.90 Å². The Balaban J connectivity index is 1.57. The molecule has 20 heavy (non-hydrogen) atoms. The molecule has 0 bridgehead atoms. The van der Waals surface area contributed by atoms with Crippen molar-refractivity contribution in [2.24, 2.45) is 11.8 Å². The minimum absolute atomic E-state index is 0.808. The number of hydrogen-bond donors (Lipinski definition) is 1. The molecule has 2 fully saturated rings. The Bertz CT molecular complexity index is 435. The van der Waals surface area contributed by atoms with Crippen molar-refractivity contribution in [2.75, 3.05) is 32.8 Å². The third-order valence-electron chi connectivity index (χ3n) is 4.57. The van der Waals surface area contributed by atoms with Crippen LogP contribution in [0, 0.1) is 11.8 Å². The summed E-state index contributed by atoms with van der Waals surface area (Å²) in [6, 6.07) is 8.60. The van der Waals surface area contributed by atoms with Gasteiger partial charge in [-0.05, 0) is 62.0 Å². The minimum Gasteiger partial charge on any atom is -0.494 e. The van der Waals surface area contributed by atoms with Gasteiger partial charge in [0.1, 0.15) is 5.75 Å². The number of piperidine rings is 1. The molecule has 1 aromatic rings. The van der Waals surface area contributed by atoms with Crippen molar-refractivity contribution < 1.29 is 4.74 Å². The number of nitrogens with zero attached hydrogens (tertiary/aromatic N) is 1. The van der Waals surface area contributed by atoms with Crippen LogP contribution in [0.5, 0.6) is 5.75 Å². The quantitative estimate of drug-likeness (QED) is 0.893. The van der Waals surface area contributed by atoms with Crippen molar-refractivity contribution in [1.29, 1.82) is 0 Å². The lowest BCUT2D eigenvalue weighted by Crippen LogP contribution is -2.39. The highest BCUT2D eigenvalue weighted by atomic mass is 16.5. The van der Waals surface area contributed by atoms with E-state index in [1.54, 1.807) is 0 Å². The number of ether oxygens (including phenoxy) is 1.